The van der Waals surface area contributed by atoms with Gasteiger partial charge in [0.1, 0.15) is 0 Å². The topological polar surface area (TPSA) is 3.24 Å². The van der Waals surface area contributed by atoms with Gasteiger partial charge in [-0.1, -0.05) is 185 Å². The van der Waals surface area contributed by atoms with E-state index in [0.717, 1.165) is 11.4 Å². The molecule has 0 radical (unpaired) electrons. The highest BCUT2D eigenvalue weighted by molar-refractivity contribution is 6.03. The molecule has 0 fully saturated rings. The first-order valence-electron chi connectivity index (χ1n) is 19.4. The van der Waals surface area contributed by atoms with Gasteiger partial charge < -0.3 is 4.90 Å². The Hall–Kier alpha value is -6.44. The average Bonchev–Trinajstić information content (AvgIpc) is 3.62. The van der Waals surface area contributed by atoms with Crippen LogP contribution in [0.2, 0.25) is 0 Å². The minimum absolute atomic E-state index is 0.0726. The minimum Gasteiger partial charge on any atom is -0.310 e. The van der Waals surface area contributed by atoms with Crippen LogP contribution in [0.5, 0.6) is 0 Å². The zero-order valence-corrected chi connectivity index (χ0v) is 31.8. The number of hydrogen-bond acceptors (Lipinski definition) is 1. The average molecular weight is 706 g/mol. The third kappa shape index (κ3) is 5.14. The summed E-state index contributed by atoms with van der Waals surface area (Å²) in [5, 5.41) is 0. The third-order valence-corrected chi connectivity index (χ3v) is 12.3. The van der Waals surface area contributed by atoms with Crippen LogP contribution in [0.15, 0.2) is 188 Å². The first-order chi connectivity index (χ1) is 26.8. The van der Waals surface area contributed by atoms with E-state index in [1.807, 2.05) is 0 Å². The Balaban J connectivity index is 1.22. The summed E-state index contributed by atoms with van der Waals surface area (Å²) < 4.78 is 0. The molecule has 0 saturated carbocycles. The van der Waals surface area contributed by atoms with Crippen LogP contribution in [0.4, 0.5) is 17.1 Å². The molecule has 0 amide bonds. The van der Waals surface area contributed by atoms with E-state index in [1.54, 1.807) is 0 Å². The molecule has 1 nitrogen and oxygen atoms in total. The number of benzene rings is 8. The van der Waals surface area contributed by atoms with Crippen molar-refractivity contribution in [3.63, 3.8) is 0 Å². The molecule has 0 heterocycles. The largest absolute Gasteiger partial charge is 0.310 e. The fraction of sp³-hybridized carbons (Fsp3) is 0.111. The molecule has 55 heavy (non-hydrogen) atoms. The Labute approximate surface area is 325 Å². The molecule has 8 aromatic rings. The highest BCUT2D eigenvalue weighted by Crippen LogP contribution is 2.59. The van der Waals surface area contributed by atoms with Gasteiger partial charge in [0.2, 0.25) is 0 Å². The second kappa shape index (κ2) is 12.6. The first kappa shape index (κ1) is 33.2. The summed E-state index contributed by atoms with van der Waals surface area (Å²) in [6.45, 7) is 9.57. The summed E-state index contributed by atoms with van der Waals surface area (Å²) >= 11 is 0. The molecule has 0 unspecified atom stereocenters. The van der Waals surface area contributed by atoms with Crippen molar-refractivity contribution in [3.8, 4) is 55.6 Å². The Kier molecular flexibility index (Phi) is 7.58. The number of anilines is 3. The number of hydrogen-bond donors (Lipinski definition) is 0. The molecule has 0 saturated heterocycles. The Morgan fingerprint density at radius 1 is 0.309 bits per heavy atom. The van der Waals surface area contributed by atoms with E-state index in [1.165, 1.54) is 83.6 Å². The molecular formula is C54H43N. The molecule has 0 aliphatic heterocycles. The summed E-state index contributed by atoms with van der Waals surface area (Å²) in [5.41, 5.74) is 21.5. The summed E-state index contributed by atoms with van der Waals surface area (Å²) in [7, 11) is 0. The van der Waals surface area contributed by atoms with Gasteiger partial charge in [-0.3, -0.25) is 0 Å². The van der Waals surface area contributed by atoms with Crippen LogP contribution in [-0.4, -0.2) is 0 Å². The maximum Gasteiger partial charge on any atom is 0.0509 e. The van der Waals surface area contributed by atoms with Crippen LogP contribution < -0.4 is 4.90 Å². The molecule has 0 N–H and O–H groups in total. The maximum absolute atomic E-state index is 2.48. The summed E-state index contributed by atoms with van der Waals surface area (Å²) in [6, 6.07) is 69.3. The van der Waals surface area contributed by atoms with E-state index in [0.29, 0.717) is 0 Å². The van der Waals surface area contributed by atoms with Crippen LogP contribution in [0.1, 0.15) is 49.9 Å². The van der Waals surface area contributed by atoms with Crippen molar-refractivity contribution < 1.29 is 0 Å². The van der Waals surface area contributed by atoms with Gasteiger partial charge >= 0.3 is 0 Å². The van der Waals surface area contributed by atoms with Crippen LogP contribution in [-0.2, 0) is 10.8 Å². The van der Waals surface area contributed by atoms with Crippen LogP contribution in [0.3, 0.4) is 0 Å². The monoisotopic (exact) mass is 705 g/mol. The van der Waals surface area contributed by atoms with Crippen molar-refractivity contribution in [1.82, 2.24) is 0 Å². The summed E-state index contributed by atoms with van der Waals surface area (Å²) in [6.07, 6.45) is 0. The SMILES string of the molecule is CC1(C)c2ccccc2-c2c(-c3ccc(N(c4ccc(-c5ccccc5)cc4)c4ccc(-c5ccccc5)cc4)c4c3-c3ccccc3C4(C)C)cccc21. The molecule has 0 bridgehead atoms. The fourth-order valence-corrected chi connectivity index (χ4v) is 9.57. The Morgan fingerprint density at radius 2 is 0.727 bits per heavy atom. The van der Waals surface area contributed by atoms with E-state index < -0.39 is 0 Å². The molecule has 2 aliphatic rings. The zero-order chi connectivity index (χ0) is 37.3. The van der Waals surface area contributed by atoms with Gasteiger partial charge in [0.25, 0.3) is 0 Å². The molecule has 0 atom stereocenters. The second-order valence-electron chi connectivity index (χ2n) is 16.1. The van der Waals surface area contributed by atoms with Crippen LogP contribution in [0.25, 0.3) is 55.6 Å². The normalized spacial score (nSPS) is 14.1. The lowest BCUT2D eigenvalue weighted by Gasteiger charge is -2.33. The van der Waals surface area contributed by atoms with E-state index >= 15 is 0 Å². The predicted molar refractivity (Wildman–Crippen MR) is 233 cm³/mol. The van der Waals surface area contributed by atoms with E-state index in [4.69, 9.17) is 0 Å². The van der Waals surface area contributed by atoms with Gasteiger partial charge in [0.15, 0.2) is 0 Å². The standard InChI is InChI=1S/C54H43N/c1-53(2)46-23-13-11-20-44(46)50-42(22-15-25-48(50)53)43-34-35-49(52-51(43)45-21-12-14-24-47(45)54(52,3)4)55(40-30-26-38(27-31-40)36-16-7-5-8-17-36)41-32-28-39(29-33-41)37-18-9-6-10-19-37/h5-35H,1-4H3. The van der Waals surface area contributed by atoms with Crippen molar-refractivity contribution in [1.29, 1.82) is 0 Å². The quantitative estimate of drug-likeness (QED) is 0.166. The van der Waals surface area contributed by atoms with Crippen molar-refractivity contribution in [2.24, 2.45) is 0 Å². The van der Waals surface area contributed by atoms with Crippen molar-refractivity contribution >= 4 is 17.1 Å². The molecule has 8 aromatic carbocycles. The fourth-order valence-electron chi connectivity index (χ4n) is 9.57. The van der Waals surface area contributed by atoms with Gasteiger partial charge in [-0.05, 0) is 108 Å². The highest BCUT2D eigenvalue weighted by Gasteiger charge is 2.42. The smallest absolute Gasteiger partial charge is 0.0509 e. The molecule has 264 valence electrons. The number of rotatable bonds is 6. The number of nitrogens with zero attached hydrogens (tertiary/aromatic N) is 1. The molecule has 2 aliphatic carbocycles. The highest BCUT2D eigenvalue weighted by atomic mass is 15.1. The minimum atomic E-state index is -0.251. The van der Waals surface area contributed by atoms with Gasteiger partial charge in [0.05, 0.1) is 5.69 Å². The Morgan fingerprint density at radius 3 is 1.29 bits per heavy atom. The lowest BCUT2D eigenvalue weighted by molar-refractivity contribution is 0.660. The van der Waals surface area contributed by atoms with E-state index in [9.17, 15) is 0 Å². The second-order valence-corrected chi connectivity index (χ2v) is 16.1. The zero-order valence-electron chi connectivity index (χ0n) is 31.8. The lowest BCUT2D eigenvalue weighted by atomic mass is 9.79. The Bertz CT molecular complexity index is 2640. The predicted octanol–water partition coefficient (Wildman–Crippen LogP) is 14.8. The van der Waals surface area contributed by atoms with E-state index in [2.05, 4.69) is 221 Å². The molecule has 10 rings (SSSR count). The van der Waals surface area contributed by atoms with E-state index in [-0.39, 0.29) is 10.8 Å². The molecule has 0 aromatic heterocycles. The van der Waals surface area contributed by atoms with Crippen molar-refractivity contribution in [3.05, 3.63) is 210 Å². The van der Waals surface area contributed by atoms with Crippen LogP contribution in [0, 0.1) is 0 Å². The summed E-state index contributed by atoms with van der Waals surface area (Å²) in [5.74, 6) is 0. The van der Waals surface area contributed by atoms with Crippen molar-refractivity contribution in [2.45, 2.75) is 38.5 Å². The van der Waals surface area contributed by atoms with Crippen LogP contribution >= 0.6 is 0 Å². The molecule has 1 heteroatoms. The molecule has 0 spiro atoms. The van der Waals surface area contributed by atoms with Gasteiger partial charge in [0, 0.05) is 22.2 Å². The van der Waals surface area contributed by atoms with Gasteiger partial charge in [-0.25, -0.2) is 0 Å². The third-order valence-electron chi connectivity index (χ3n) is 12.3. The van der Waals surface area contributed by atoms with Gasteiger partial charge in [-0.2, -0.15) is 0 Å². The molecular weight excluding hydrogens is 663 g/mol. The van der Waals surface area contributed by atoms with Crippen molar-refractivity contribution in [2.75, 3.05) is 4.90 Å². The lowest BCUT2D eigenvalue weighted by Crippen LogP contribution is -2.21. The number of fused-ring (bicyclic) bond motifs is 6. The maximum atomic E-state index is 2.48. The van der Waals surface area contributed by atoms with Gasteiger partial charge in [-0.15, -0.1) is 0 Å². The first-order valence-corrected chi connectivity index (χ1v) is 19.4. The summed E-state index contributed by atoms with van der Waals surface area (Å²) in [4.78, 5) is 2.48.